The summed E-state index contributed by atoms with van der Waals surface area (Å²) in [7, 11) is 0. The first-order valence-corrected chi connectivity index (χ1v) is 10.6. The molecule has 1 atom stereocenters. The Kier molecular flexibility index (Phi) is 6.90. The number of benzene rings is 2. The molecule has 0 radical (unpaired) electrons. The fourth-order valence-electron chi connectivity index (χ4n) is 2.49. The number of hydrogen-bond acceptors (Lipinski definition) is 5. The van der Waals surface area contributed by atoms with Gasteiger partial charge in [0, 0.05) is 27.6 Å². The summed E-state index contributed by atoms with van der Waals surface area (Å²) in [6.45, 7) is 2.11. The van der Waals surface area contributed by atoms with Gasteiger partial charge in [0.25, 0.3) is 5.91 Å². The maximum Gasteiger partial charge on any atom is 0.252 e. The minimum atomic E-state index is -0.788. The molecule has 4 nitrogen and oxygen atoms in total. The highest BCUT2D eigenvalue weighted by molar-refractivity contribution is 7.98. The largest absolute Gasteiger partial charge is 0.387 e. The van der Waals surface area contributed by atoms with Crippen molar-refractivity contribution in [1.29, 1.82) is 0 Å². The van der Waals surface area contributed by atoms with Crippen LogP contribution in [0.25, 0.3) is 0 Å². The first-order chi connectivity index (χ1) is 13.0. The van der Waals surface area contributed by atoms with Crippen molar-refractivity contribution >= 4 is 40.6 Å². The Labute approximate surface area is 171 Å². The lowest BCUT2D eigenvalue weighted by molar-refractivity contribution is 0.0913. The van der Waals surface area contributed by atoms with E-state index < -0.39 is 6.10 Å². The molecule has 3 rings (SSSR count). The number of thioether (sulfide) groups is 1. The molecule has 0 bridgehead atoms. The number of nitrogens with zero attached hydrogens (tertiary/aromatic N) is 1. The van der Waals surface area contributed by atoms with E-state index in [1.54, 1.807) is 53.4 Å². The van der Waals surface area contributed by atoms with Gasteiger partial charge in [0.1, 0.15) is 0 Å². The molecule has 3 aromatic rings. The highest BCUT2D eigenvalue weighted by atomic mass is 35.5. The van der Waals surface area contributed by atoms with Crippen LogP contribution in [-0.2, 0) is 5.75 Å². The molecular formula is C20H19ClN2O2S2. The predicted octanol–water partition coefficient (Wildman–Crippen LogP) is 4.86. The third-order valence-electron chi connectivity index (χ3n) is 3.88. The third-order valence-corrected chi connectivity index (χ3v) is 6.07. The smallest absolute Gasteiger partial charge is 0.252 e. The fraction of sp³-hybridized carbons (Fsp3) is 0.200. The molecule has 1 amide bonds. The topological polar surface area (TPSA) is 62.2 Å². The van der Waals surface area contributed by atoms with Gasteiger partial charge in [-0.05, 0) is 36.8 Å². The monoisotopic (exact) mass is 418 g/mol. The van der Waals surface area contributed by atoms with Gasteiger partial charge in [-0.25, -0.2) is 4.98 Å². The maximum absolute atomic E-state index is 12.6. The summed E-state index contributed by atoms with van der Waals surface area (Å²) in [5.74, 6) is 0.503. The Morgan fingerprint density at radius 2 is 2.00 bits per heavy atom. The van der Waals surface area contributed by atoms with Crippen molar-refractivity contribution in [2.45, 2.75) is 23.7 Å². The summed E-state index contributed by atoms with van der Waals surface area (Å²) < 4.78 is 0. The number of amides is 1. The van der Waals surface area contributed by atoms with E-state index >= 15 is 0 Å². The van der Waals surface area contributed by atoms with Crippen LogP contribution in [0.3, 0.4) is 0 Å². The van der Waals surface area contributed by atoms with Crippen molar-refractivity contribution in [3.05, 3.63) is 80.8 Å². The lowest BCUT2D eigenvalue weighted by Gasteiger charge is -2.14. The zero-order valence-electron chi connectivity index (χ0n) is 14.7. The fourth-order valence-corrected chi connectivity index (χ4v) is 4.28. The van der Waals surface area contributed by atoms with E-state index in [4.69, 9.17) is 11.6 Å². The van der Waals surface area contributed by atoms with Crippen LogP contribution in [0.15, 0.2) is 58.8 Å². The molecular weight excluding hydrogens is 400 g/mol. The van der Waals surface area contributed by atoms with E-state index in [-0.39, 0.29) is 12.5 Å². The van der Waals surface area contributed by atoms with E-state index in [0.717, 1.165) is 15.6 Å². The SMILES string of the molecule is Cc1nc(CSc2ccccc2C(=O)NCC(O)c2ccc(Cl)cc2)cs1. The van der Waals surface area contributed by atoms with Gasteiger partial charge in [-0.3, -0.25) is 4.79 Å². The summed E-state index contributed by atoms with van der Waals surface area (Å²) in [4.78, 5) is 17.9. The number of carbonyl (C=O) groups excluding carboxylic acids is 1. The van der Waals surface area contributed by atoms with Crippen LogP contribution in [0.4, 0.5) is 0 Å². The summed E-state index contributed by atoms with van der Waals surface area (Å²) in [5, 5.41) is 16.7. The van der Waals surface area contributed by atoms with Gasteiger partial charge >= 0.3 is 0 Å². The maximum atomic E-state index is 12.6. The van der Waals surface area contributed by atoms with Gasteiger partial charge in [0.05, 0.1) is 22.4 Å². The molecule has 1 heterocycles. The van der Waals surface area contributed by atoms with Crippen LogP contribution in [0.2, 0.25) is 5.02 Å². The van der Waals surface area contributed by atoms with Crippen molar-refractivity contribution in [3.63, 3.8) is 0 Å². The molecule has 2 N–H and O–H groups in total. The molecule has 0 aliphatic heterocycles. The highest BCUT2D eigenvalue weighted by Crippen LogP contribution is 2.27. The second-order valence-corrected chi connectivity index (χ2v) is 8.44. The Morgan fingerprint density at radius 3 is 2.70 bits per heavy atom. The summed E-state index contributed by atoms with van der Waals surface area (Å²) in [6.07, 6.45) is -0.788. The van der Waals surface area contributed by atoms with Crippen molar-refractivity contribution in [1.82, 2.24) is 10.3 Å². The van der Waals surface area contributed by atoms with E-state index in [2.05, 4.69) is 10.3 Å². The minimum Gasteiger partial charge on any atom is -0.387 e. The quantitative estimate of drug-likeness (QED) is 0.538. The summed E-state index contributed by atoms with van der Waals surface area (Å²) in [5.41, 5.74) is 2.31. The number of aliphatic hydroxyl groups excluding tert-OH is 1. The molecule has 0 aliphatic rings. The molecule has 0 saturated carbocycles. The predicted molar refractivity (Wildman–Crippen MR) is 112 cm³/mol. The lowest BCUT2D eigenvalue weighted by Crippen LogP contribution is -2.28. The van der Waals surface area contributed by atoms with Crippen LogP contribution in [0.1, 0.15) is 32.7 Å². The lowest BCUT2D eigenvalue weighted by atomic mass is 10.1. The average Bonchev–Trinajstić information content (AvgIpc) is 3.10. The third kappa shape index (κ3) is 5.56. The van der Waals surface area contributed by atoms with Gasteiger partial charge in [-0.15, -0.1) is 23.1 Å². The van der Waals surface area contributed by atoms with Crippen molar-refractivity contribution in [2.75, 3.05) is 6.54 Å². The van der Waals surface area contributed by atoms with Gasteiger partial charge in [0.15, 0.2) is 0 Å². The number of aryl methyl sites for hydroxylation is 1. The first-order valence-electron chi connectivity index (χ1n) is 8.37. The number of aromatic nitrogens is 1. The van der Waals surface area contributed by atoms with Crippen LogP contribution in [-0.4, -0.2) is 22.5 Å². The number of nitrogens with one attached hydrogen (secondary N) is 1. The Balaban J connectivity index is 1.61. The first kappa shape index (κ1) is 19.9. The zero-order valence-corrected chi connectivity index (χ0v) is 17.1. The van der Waals surface area contributed by atoms with Crippen molar-refractivity contribution in [3.8, 4) is 0 Å². The standard InChI is InChI=1S/C20H19ClN2O2S2/c1-13-23-16(11-26-13)12-27-19-5-3-2-4-17(19)20(25)22-10-18(24)14-6-8-15(21)9-7-14/h2-9,11,18,24H,10,12H2,1H3,(H,22,25). The Hall–Kier alpha value is -1.86. The average molecular weight is 419 g/mol. The zero-order chi connectivity index (χ0) is 19.2. The second kappa shape index (κ2) is 9.37. The van der Waals surface area contributed by atoms with E-state index in [9.17, 15) is 9.90 Å². The molecule has 0 fully saturated rings. The molecule has 0 saturated heterocycles. The van der Waals surface area contributed by atoms with Crippen LogP contribution in [0.5, 0.6) is 0 Å². The van der Waals surface area contributed by atoms with Crippen LogP contribution < -0.4 is 5.32 Å². The van der Waals surface area contributed by atoms with Crippen molar-refractivity contribution < 1.29 is 9.90 Å². The van der Waals surface area contributed by atoms with Gasteiger partial charge < -0.3 is 10.4 Å². The number of hydrogen-bond donors (Lipinski definition) is 2. The van der Waals surface area contributed by atoms with Crippen molar-refractivity contribution in [2.24, 2.45) is 0 Å². The molecule has 1 unspecified atom stereocenters. The Morgan fingerprint density at radius 1 is 1.26 bits per heavy atom. The number of thiazole rings is 1. The van der Waals surface area contributed by atoms with Gasteiger partial charge in [0.2, 0.25) is 0 Å². The number of rotatable bonds is 7. The van der Waals surface area contributed by atoms with Crippen LogP contribution >= 0.6 is 34.7 Å². The van der Waals surface area contributed by atoms with Gasteiger partial charge in [-0.1, -0.05) is 35.9 Å². The minimum absolute atomic E-state index is 0.130. The molecule has 0 spiro atoms. The highest BCUT2D eigenvalue weighted by Gasteiger charge is 2.14. The molecule has 140 valence electrons. The second-order valence-electron chi connectivity index (χ2n) is 5.92. The number of halogens is 1. The van der Waals surface area contributed by atoms with Gasteiger partial charge in [-0.2, -0.15) is 0 Å². The molecule has 2 aromatic carbocycles. The normalized spacial score (nSPS) is 12.0. The van der Waals surface area contributed by atoms with E-state index in [0.29, 0.717) is 21.9 Å². The van der Waals surface area contributed by atoms with E-state index in [1.807, 2.05) is 30.5 Å². The summed E-state index contributed by atoms with van der Waals surface area (Å²) >= 11 is 9.06. The van der Waals surface area contributed by atoms with Crippen LogP contribution in [0, 0.1) is 6.92 Å². The number of aliphatic hydroxyl groups is 1. The Bertz CT molecular complexity index is 912. The van der Waals surface area contributed by atoms with E-state index in [1.165, 1.54) is 0 Å². The molecule has 27 heavy (non-hydrogen) atoms. The molecule has 7 heteroatoms. The summed E-state index contributed by atoms with van der Waals surface area (Å²) in [6, 6.07) is 14.4. The molecule has 1 aromatic heterocycles. The number of carbonyl (C=O) groups is 1. The molecule has 0 aliphatic carbocycles.